The molecule has 0 aliphatic rings. The SMILES string of the molecule is CCc1cccc2c(=O)oc(C)nc12. The Hall–Kier alpha value is -1.64. The van der Waals surface area contributed by atoms with Crippen molar-refractivity contribution >= 4 is 10.9 Å². The number of hydrogen-bond donors (Lipinski definition) is 0. The molecule has 2 rings (SSSR count). The quantitative estimate of drug-likeness (QED) is 0.689. The molecule has 0 unspecified atom stereocenters. The Labute approximate surface area is 81.4 Å². The summed E-state index contributed by atoms with van der Waals surface area (Å²) < 4.78 is 4.92. The Morgan fingerprint density at radius 2 is 2.21 bits per heavy atom. The number of benzene rings is 1. The molecule has 0 radical (unpaired) electrons. The highest BCUT2D eigenvalue weighted by Crippen LogP contribution is 2.14. The van der Waals surface area contributed by atoms with E-state index in [1.807, 2.05) is 19.1 Å². The summed E-state index contributed by atoms with van der Waals surface area (Å²) in [6, 6.07) is 5.58. The molecular formula is C11H11NO2. The monoisotopic (exact) mass is 189 g/mol. The highest BCUT2D eigenvalue weighted by Gasteiger charge is 2.05. The maximum Gasteiger partial charge on any atom is 0.346 e. The van der Waals surface area contributed by atoms with Gasteiger partial charge in [0.1, 0.15) is 0 Å². The van der Waals surface area contributed by atoms with Crippen molar-refractivity contribution < 1.29 is 4.42 Å². The van der Waals surface area contributed by atoms with Crippen LogP contribution in [0, 0.1) is 6.92 Å². The summed E-state index contributed by atoms with van der Waals surface area (Å²) in [6.45, 7) is 3.73. The Morgan fingerprint density at radius 3 is 2.93 bits per heavy atom. The number of aryl methyl sites for hydroxylation is 2. The van der Waals surface area contributed by atoms with E-state index in [2.05, 4.69) is 4.98 Å². The van der Waals surface area contributed by atoms with Crippen LogP contribution in [0.4, 0.5) is 0 Å². The van der Waals surface area contributed by atoms with Gasteiger partial charge in [-0.05, 0) is 18.1 Å². The minimum Gasteiger partial charge on any atom is -0.408 e. The molecule has 0 N–H and O–H groups in total. The zero-order chi connectivity index (χ0) is 10.1. The molecule has 0 saturated heterocycles. The third-order valence-electron chi connectivity index (χ3n) is 2.23. The van der Waals surface area contributed by atoms with Crippen LogP contribution in [0.3, 0.4) is 0 Å². The van der Waals surface area contributed by atoms with Gasteiger partial charge in [0.2, 0.25) is 0 Å². The van der Waals surface area contributed by atoms with E-state index in [1.165, 1.54) is 0 Å². The van der Waals surface area contributed by atoms with Crippen molar-refractivity contribution in [2.75, 3.05) is 0 Å². The van der Waals surface area contributed by atoms with Crippen LogP contribution >= 0.6 is 0 Å². The molecule has 72 valence electrons. The third-order valence-corrected chi connectivity index (χ3v) is 2.23. The van der Waals surface area contributed by atoms with Gasteiger partial charge in [0, 0.05) is 6.92 Å². The van der Waals surface area contributed by atoms with Gasteiger partial charge in [0.25, 0.3) is 0 Å². The summed E-state index contributed by atoms with van der Waals surface area (Å²) in [5.41, 5.74) is 1.55. The minimum atomic E-state index is -0.303. The van der Waals surface area contributed by atoms with Gasteiger partial charge in [0.05, 0.1) is 10.9 Å². The van der Waals surface area contributed by atoms with E-state index in [1.54, 1.807) is 13.0 Å². The second-order valence-corrected chi connectivity index (χ2v) is 3.19. The van der Waals surface area contributed by atoms with Crippen molar-refractivity contribution in [1.82, 2.24) is 4.98 Å². The zero-order valence-corrected chi connectivity index (χ0v) is 8.20. The first-order valence-electron chi connectivity index (χ1n) is 4.61. The topological polar surface area (TPSA) is 43.1 Å². The number of nitrogens with zero attached hydrogens (tertiary/aromatic N) is 1. The lowest BCUT2D eigenvalue weighted by atomic mass is 10.1. The van der Waals surface area contributed by atoms with Crippen LogP contribution in [-0.2, 0) is 6.42 Å². The smallest absolute Gasteiger partial charge is 0.346 e. The van der Waals surface area contributed by atoms with E-state index in [0.717, 1.165) is 17.5 Å². The van der Waals surface area contributed by atoms with Crippen LogP contribution in [0.25, 0.3) is 10.9 Å². The fourth-order valence-corrected chi connectivity index (χ4v) is 1.54. The first kappa shape index (κ1) is 8.94. The van der Waals surface area contributed by atoms with Crippen LogP contribution in [0.1, 0.15) is 18.4 Å². The average Bonchev–Trinajstić information content (AvgIpc) is 2.17. The predicted octanol–water partition coefficient (Wildman–Crippen LogP) is 2.06. The van der Waals surface area contributed by atoms with Crippen LogP contribution in [0.2, 0.25) is 0 Å². The molecule has 0 saturated carbocycles. The molecule has 1 aromatic carbocycles. The van der Waals surface area contributed by atoms with Crippen molar-refractivity contribution in [3.8, 4) is 0 Å². The molecule has 0 atom stereocenters. The molecular weight excluding hydrogens is 178 g/mol. The number of rotatable bonds is 1. The Kier molecular flexibility index (Phi) is 2.08. The van der Waals surface area contributed by atoms with Gasteiger partial charge in [-0.3, -0.25) is 0 Å². The highest BCUT2D eigenvalue weighted by molar-refractivity contribution is 5.80. The van der Waals surface area contributed by atoms with Crippen molar-refractivity contribution in [3.05, 3.63) is 40.1 Å². The summed E-state index contributed by atoms with van der Waals surface area (Å²) in [5.74, 6) is 0.420. The van der Waals surface area contributed by atoms with E-state index in [9.17, 15) is 4.79 Å². The van der Waals surface area contributed by atoms with E-state index < -0.39 is 0 Å². The van der Waals surface area contributed by atoms with Gasteiger partial charge in [-0.1, -0.05) is 19.1 Å². The predicted molar refractivity (Wildman–Crippen MR) is 54.4 cm³/mol. The van der Waals surface area contributed by atoms with Gasteiger partial charge in [-0.15, -0.1) is 0 Å². The van der Waals surface area contributed by atoms with Gasteiger partial charge in [0.15, 0.2) is 5.89 Å². The first-order valence-corrected chi connectivity index (χ1v) is 4.61. The molecule has 0 spiro atoms. The number of fused-ring (bicyclic) bond motifs is 1. The number of aromatic nitrogens is 1. The molecule has 0 amide bonds. The van der Waals surface area contributed by atoms with Gasteiger partial charge in [-0.2, -0.15) is 0 Å². The summed E-state index contributed by atoms with van der Waals surface area (Å²) >= 11 is 0. The molecule has 0 aliphatic heterocycles. The Bertz CT molecular complexity index is 528. The van der Waals surface area contributed by atoms with E-state index in [4.69, 9.17) is 4.42 Å². The molecule has 0 bridgehead atoms. The molecule has 1 aromatic heterocycles. The lowest BCUT2D eigenvalue weighted by Crippen LogP contribution is -2.04. The summed E-state index contributed by atoms with van der Waals surface area (Å²) in [6.07, 6.45) is 0.868. The molecule has 0 fully saturated rings. The molecule has 3 heteroatoms. The van der Waals surface area contributed by atoms with Crippen LogP contribution < -0.4 is 5.63 Å². The second kappa shape index (κ2) is 3.25. The fraction of sp³-hybridized carbons (Fsp3) is 0.273. The summed E-state index contributed by atoms with van der Waals surface area (Å²) in [7, 11) is 0. The maximum absolute atomic E-state index is 11.5. The molecule has 1 heterocycles. The Morgan fingerprint density at radius 1 is 1.43 bits per heavy atom. The lowest BCUT2D eigenvalue weighted by molar-refractivity contribution is 0.467. The van der Waals surface area contributed by atoms with Crippen LogP contribution in [0.15, 0.2) is 27.4 Å². The third kappa shape index (κ3) is 1.31. The maximum atomic E-state index is 11.5. The summed E-state index contributed by atoms with van der Waals surface area (Å²) in [4.78, 5) is 15.7. The van der Waals surface area contributed by atoms with Crippen molar-refractivity contribution in [2.24, 2.45) is 0 Å². The number of para-hydroxylation sites is 1. The van der Waals surface area contributed by atoms with Crippen molar-refractivity contribution in [2.45, 2.75) is 20.3 Å². The van der Waals surface area contributed by atoms with Crippen molar-refractivity contribution in [1.29, 1.82) is 0 Å². The minimum absolute atomic E-state index is 0.303. The van der Waals surface area contributed by atoms with E-state index >= 15 is 0 Å². The zero-order valence-electron chi connectivity index (χ0n) is 8.20. The first-order chi connectivity index (χ1) is 6.72. The standard InChI is InChI=1S/C11H11NO2/c1-3-8-5-4-6-9-10(8)12-7(2)14-11(9)13/h4-6H,3H2,1-2H3. The second-order valence-electron chi connectivity index (χ2n) is 3.19. The van der Waals surface area contributed by atoms with E-state index in [0.29, 0.717) is 11.3 Å². The molecule has 3 nitrogen and oxygen atoms in total. The fourth-order valence-electron chi connectivity index (χ4n) is 1.54. The highest BCUT2D eigenvalue weighted by atomic mass is 16.4. The molecule has 0 aliphatic carbocycles. The Balaban J connectivity index is 2.94. The molecule has 14 heavy (non-hydrogen) atoms. The van der Waals surface area contributed by atoms with Gasteiger partial charge >= 0.3 is 5.63 Å². The average molecular weight is 189 g/mol. The normalized spacial score (nSPS) is 10.7. The molecule has 2 aromatic rings. The van der Waals surface area contributed by atoms with Gasteiger partial charge < -0.3 is 4.42 Å². The lowest BCUT2D eigenvalue weighted by Gasteiger charge is -2.01. The van der Waals surface area contributed by atoms with E-state index in [-0.39, 0.29) is 5.63 Å². The summed E-state index contributed by atoms with van der Waals surface area (Å²) in [5, 5.41) is 0.565. The number of hydrogen-bond acceptors (Lipinski definition) is 3. The van der Waals surface area contributed by atoms with Gasteiger partial charge in [-0.25, -0.2) is 9.78 Å². The van der Waals surface area contributed by atoms with Crippen molar-refractivity contribution in [3.63, 3.8) is 0 Å². The van der Waals surface area contributed by atoms with Crippen LogP contribution in [-0.4, -0.2) is 4.98 Å². The largest absolute Gasteiger partial charge is 0.408 e. The van der Waals surface area contributed by atoms with Crippen LogP contribution in [0.5, 0.6) is 0 Å².